The number of esters is 1. The fourth-order valence-electron chi connectivity index (χ4n) is 5.29. The molecule has 2 saturated heterocycles. The molecule has 0 aromatic rings. The van der Waals surface area contributed by atoms with E-state index in [1.165, 1.54) is 6.92 Å². The van der Waals surface area contributed by atoms with Gasteiger partial charge < -0.3 is 39.2 Å². The second kappa shape index (κ2) is 12.6. The van der Waals surface area contributed by atoms with Gasteiger partial charge >= 0.3 is 5.97 Å². The quantitative estimate of drug-likeness (QED) is 0.498. The molecule has 2 fully saturated rings. The Morgan fingerprint density at radius 3 is 2.37 bits per heavy atom. The summed E-state index contributed by atoms with van der Waals surface area (Å²) in [7, 11) is 3.55. The molecule has 0 amide bonds. The molecule has 3 N–H and O–H groups in total. The Morgan fingerprint density at radius 1 is 1.09 bits per heavy atom. The average molecular weight is 504 g/mol. The predicted octanol–water partition coefficient (Wildman–Crippen LogP) is 2.09. The molecule has 2 rings (SSSR count). The molecule has 0 bridgehead atoms. The van der Waals surface area contributed by atoms with Crippen LogP contribution in [-0.2, 0) is 23.7 Å². The number of carbonyl (C=O) groups is 1. The zero-order valence-corrected chi connectivity index (χ0v) is 22.9. The Bertz CT molecular complexity index is 676. The fraction of sp³-hybridized carbons (Fsp3) is 0.962. The number of aliphatic hydroxyl groups excluding tert-OH is 2. The molecular formula is C26H49NO8. The van der Waals surface area contributed by atoms with Crippen LogP contribution in [0.2, 0.25) is 0 Å². The lowest BCUT2D eigenvalue weighted by molar-refractivity contribution is -0.258. The number of likely N-dealkylation sites (N-methyl/N-ethyl adjacent to an activating group) is 1. The standard InChI is InChI=1S/C26H49NO8/c1-16-11-20(28)9-10-21(35-22-13-25(5,32-8)12-17(2)34-22)18(3)24(30)33-15-26(6,31)23(29)19(4)27(7)14-16/h16-23,28-29,31H,9-15H2,1-8H3/t16-,17?,18?,19?,20?,21+,22+,23?,25+,26?/m1/s1. The Labute approximate surface area is 211 Å². The van der Waals surface area contributed by atoms with Gasteiger partial charge in [0, 0.05) is 32.5 Å². The highest BCUT2D eigenvalue weighted by molar-refractivity contribution is 5.72. The number of cyclic esters (lactones) is 1. The topological polar surface area (TPSA) is 118 Å². The normalized spacial score (nSPS) is 45.9. The Balaban J connectivity index is 2.22. The van der Waals surface area contributed by atoms with Gasteiger partial charge in [-0.3, -0.25) is 4.79 Å². The molecule has 206 valence electrons. The van der Waals surface area contributed by atoms with Gasteiger partial charge in [-0.25, -0.2) is 0 Å². The smallest absolute Gasteiger partial charge is 0.311 e. The van der Waals surface area contributed by atoms with Crippen molar-refractivity contribution in [2.24, 2.45) is 11.8 Å². The van der Waals surface area contributed by atoms with Crippen molar-refractivity contribution in [3.05, 3.63) is 0 Å². The molecule has 0 aliphatic carbocycles. The molecular weight excluding hydrogens is 454 g/mol. The molecule has 9 nitrogen and oxygen atoms in total. The fourth-order valence-corrected chi connectivity index (χ4v) is 5.29. The summed E-state index contributed by atoms with van der Waals surface area (Å²) < 4.78 is 23.5. The van der Waals surface area contributed by atoms with Crippen LogP contribution in [0.3, 0.4) is 0 Å². The molecule has 10 atom stereocenters. The third-order valence-electron chi connectivity index (χ3n) is 7.81. The van der Waals surface area contributed by atoms with E-state index >= 15 is 0 Å². The van der Waals surface area contributed by atoms with Crippen LogP contribution >= 0.6 is 0 Å². The van der Waals surface area contributed by atoms with Gasteiger partial charge in [0.2, 0.25) is 0 Å². The molecule has 2 aliphatic rings. The van der Waals surface area contributed by atoms with Crippen molar-refractivity contribution in [2.45, 2.75) is 122 Å². The molecule has 2 heterocycles. The van der Waals surface area contributed by atoms with Crippen LogP contribution in [0.4, 0.5) is 0 Å². The minimum absolute atomic E-state index is 0.0646. The third-order valence-corrected chi connectivity index (χ3v) is 7.81. The number of aliphatic hydroxyl groups is 3. The van der Waals surface area contributed by atoms with Gasteiger partial charge in [0.25, 0.3) is 0 Å². The number of rotatable bonds is 3. The first-order chi connectivity index (χ1) is 16.2. The number of hydrogen-bond acceptors (Lipinski definition) is 9. The summed E-state index contributed by atoms with van der Waals surface area (Å²) in [5.41, 5.74) is -2.01. The maximum absolute atomic E-state index is 13.0. The summed E-state index contributed by atoms with van der Waals surface area (Å²) >= 11 is 0. The lowest BCUT2D eigenvalue weighted by Crippen LogP contribution is -2.55. The molecule has 6 unspecified atom stereocenters. The first-order valence-electron chi connectivity index (χ1n) is 13.0. The molecule has 0 aromatic carbocycles. The van der Waals surface area contributed by atoms with Crippen molar-refractivity contribution in [1.29, 1.82) is 0 Å². The van der Waals surface area contributed by atoms with Crippen molar-refractivity contribution < 1.29 is 39.1 Å². The van der Waals surface area contributed by atoms with Gasteiger partial charge in [-0.2, -0.15) is 0 Å². The second-order valence-electron chi connectivity index (χ2n) is 11.6. The highest BCUT2D eigenvalue weighted by Gasteiger charge is 2.41. The van der Waals surface area contributed by atoms with Crippen molar-refractivity contribution >= 4 is 5.97 Å². The SMILES string of the molecule is CO[C@@]1(C)CC(C)O[C@@H](O[C@H]2CCC(O)C[C@@H](C)CN(C)C(C)C(O)C(C)(O)COC(=O)C2C)C1. The number of ether oxygens (including phenoxy) is 4. The van der Waals surface area contributed by atoms with E-state index in [-0.39, 0.29) is 24.7 Å². The van der Waals surface area contributed by atoms with Gasteiger partial charge in [-0.15, -0.1) is 0 Å². The summed E-state index contributed by atoms with van der Waals surface area (Å²) in [6.45, 7) is 11.4. The lowest BCUT2D eigenvalue weighted by Gasteiger charge is -2.41. The highest BCUT2D eigenvalue weighted by atomic mass is 16.7. The monoisotopic (exact) mass is 503 g/mol. The number of nitrogens with zero attached hydrogens (tertiary/aromatic N) is 1. The number of carbonyl (C=O) groups excluding carboxylic acids is 1. The van der Waals surface area contributed by atoms with E-state index in [1.54, 1.807) is 14.0 Å². The van der Waals surface area contributed by atoms with Crippen molar-refractivity contribution in [3.63, 3.8) is 0 Å². The summed E-state index contributed by atoms with van der Waals surface area (Å²) in [4.78, 5) is 15.0. The average Bonchev–Trinajstić information content (AvgIpc) is 2.77. The maximum atomic E-state index is 13.0. The van der Waals surface area contributed by atoms with Crippen LogP contribution in [0, 0.1) is 11.8 Å². The van der Waals surface area contributed by atoms with Crippen molar-refractivity contribution in [3.8, 4) is 0 Å². The van der Waals surface area contributed by atoms with Crippen molar-refractivity contribution in [1.82, 2.24) is 4.90 Å². The Hall–Kier alpha value is -0.810. The van der Waals surface area contributed by atoms with E-state index in [4.69, 9.17) is 18.9 Å². The Kier molecular flexibility index (Phi) is 11.0. The summed E-state index contributed by atoms with van der Waals surface area (Å²) in [6, 6.07) is -0.373. The van der Waals surface area contributed by atoms with E-state index in [0.717, 1.165) is 6.42 Å². The Morgan fingerprint density at radius 2 is 1.74 bits per heavy atom. The van der Waals surface area contributed by atoms with Crippen LogP contribution in [0.15, 0.2) is 0 Å². The van der Waals surface area contributed by atoms with E-state index in [9.17, 15) is 20.1 Å². The van der Waals surface area contributed by atoms with Gasteiger partial charge in [0.05, 0.1) is 29.8 Å². The van der Waals surface area contributed by atoms with E-state index < -0.39 is 47.7 Å². The molecule has 2 aliphatic heterocycles. The predicted molar refractivity (Wildman–Crippen MR) is 132 cm³/mol. The molecule has 0 spiro atoms. The highest BCUT2D eigenvalue weighted by Crippen LogP contribution is 2.34. The maximum Gasteiger partial charge on any atom is 0.311 e. The number of hydrogen-bond donors (Lipinski definition) is 3. The van der Waals surface area contributed by atoms with Gasteiger partial charge in [-0.05, 0) is 66.8 Å². The number of methoxy groups -OCH3 is 1. The van der Waals surface area contributed by atoms with Crippen LogP contribution in [0.1, 0.15) is 73.6 Å². The molecule has 0 aromatic heterocycles. The van der Waals surface area contributed by atoms with Crippen LogP contribution in [-0.4, -0.2) is 101 Å². The van der Waals surface area contributed by atoms with E-state index in [2.05, 4.69) is 6.92 Å². The minimum atomic E-state index is -1.62. The van der Waals surface area contributed by atoms with E-state index in [1.807, 2.05) is 32.7 Å². The third kappa shape index (κ3) is 8.62. The zero-order chi connectivity index (χ0) is 26.6. The van der Waals surface area contributed by atoms with Crippen LogP contribution in [0.5, 0.6) is 0 Å². The summed E-state index contributed by atoms with van der Waals surface area (Å²) in [6.07, 6.45) is -0.0943. The van der Waals surface area contributed by atoms with Gasteiger partial charge in [0.15, 0.2) is 6.29 Å². The van der Waals surface area contributed by atoms with Gasteiger partial charge in [-0.1, -0.05) is 6.92 Å². The molecule has 9 heteroatoms. The first-order valence-corrected chi connectivity index (χ1v) is 13.0. The summed E-state index contributed by atoms with van der Waals surface area (Å²) in [5.74, 6) is -1.02. The van der Waals surface area contributed by atoms with Crippen LogP contribution in [0.25, 0.3) is 0 Å². The lowest BCUT2D eigenvalue weighted by atomic mass is 9.91. The minimum Gasteiger partial charge on any atom is -0.462 e. The molecule has 0 radical (unpaired) electrons. The molecule has 0 saturated carbocycles. The first kappa shape index (κ1) is 30.4. The summed E-state index contributed by atoms with van der Waals surface area (Å²) in [5, 5.41) is 32.4. The largest absolute Gasteiger partial charge is 0.462 e. The zero-order valence-electron chi connectivity index (χ0n) is 22.9. The second-order valence-corrected chi connectivity index (χ2v) is 11.6. The van der Waals surface area contributed by atoms with Crippen LogP contribution < -0.4 is 0 Å². The molecule has 35 heavy (non-hydrogen) atoms. The van der Waals surface area contributed by atoms with Gasteiger partial charge in [0.1, 0.15) is 18.3 Å². The van der Waals surface area contributed by atoms with Crippen molar-refractivity contribution in [2.75, 3.05) is 27.3 Å². The van der Waals surface area contributed by atoms with E-state index in [0.29, 0.717) is 32.2 Å².